The largest absolute Gasteiger partial charge is 0.497 e. The van der Waals surface area contributed by atoms with Gasteiger partial charge in [-0.2, -0.15) is 0 Å². The molecule has 0 aliphatic heterocycles. The highest BCUT2D eigenvalue weighted by Crippen LogP contribution is 2.31. The number of hydrogen-bond acceptors (Lipinski definition) is 6. The molecule has 208 valence electrons. The van der Waals surface area contributed by atoms with E-state index in [1.165, 1.54) is 4.90 Å². The summed E-state index contributed by atoms with van der Waals surface area (Å²) >= 11 is 0. The van der Waals surface area contributed by atoms with Crippen molar-refractivity contribution in [3.05, 3.63) is 59.7 Å². The van der Waals surface area contributed by atoms with Crippen LogP contribution in [0.15, 0.2) is 48.5 Å². The van der Waals surface area contributed by atoms with Crippen LogP contribution in [-0.4, -0.2) is 58.8 Å². The van der Waals surface area contributed by atoms with Crippen molar-refractivity contribution in [3.63, 3.8) is 0 Å². The van der Waals surface area contributed by atoms with E-state index >= 15 is 0 Å². The second kappa shape index (κ2) is 12.8. The Kier molecular flexibility index (Phi) is 10.3. The standard InChI is InChI=1S/C29H41N3O6/c1-9-19-10-12-20(13-11-19)24(25(34)30-21-14-16-22(37-8)17-15-21)32(28(2,3)4)26(35)23(18-33)31-27(36)38-29(5,6)7/h10-17,23-24,33H,9,18H2,1-8H3,(H,30,34)(H,31,36). The van der Waals surface area contributed by atoms with Gasteiger partial charge in [-0.05, 0) is 83.4 Å². The Labute approximate surface area is 225 Å². The molecule has 2 aromatic rings. The van der Waals surface area contributed by atoms with Crippen molar-refractivity contribution in [1.82, 2.24) is 10.2 Å². The minimum absolute atomic E-state index is 0.448. The van der Waals surface area contributed by atoms with Crippen molar-refractivity contribution in [2.45, 2.75) is 78.1 Å². The van der Waals surface area contributed by atoms with Crippen LogP contribution in [0.1, 0.15) is 65.6 Å². The molecule has 3 amide bonds. The summed E-state index contributed by atoms with van der Waals surface area (Å²) in [7, 11) is 1.55. The van der Waals surface area contributed by atoms with E-state index in [2.05, 4.69) is 10.6 Å². The molecule has 0 fully saturated rings. The van der Waals surface area contributed by atoms with Gasteiger partial charge in [-0.3, -0.25) is 9.59 Å². The maximum Gasteiger partial charge on any atom is 0.408 e. The third-order valence-electron chi connectivity index (χ3n) is 5.70. The first-order chi connectivity index (χ1) is 17.7. The van der Waals surface area contributed by atoms with Gasteiger partial charge in [-0.1, -0.05) is 31.2 Å². The molecule has 0 aliphatic rings. The molecule has 0 aromatic heterocycles. The highest BCUT2D eigenvalue weighted by Gasteiger charge is 2.41. The quantitative estimate of drug-likeness (QED) is 0.444. The summed E-state index contributed by atoms with van der Waals surface area (Å²) in [5.74, 6) is -0.433. The zero-order valence-corrected chi connectivity index (χ0v) is 23.6. The second-order valence-electron chi connectivity index (χ2n) is 11.0. The first kappa shape index (κ1) is 30.6. The fourth-order valence-electron chi connectivity index (χ4n) is 3.89. The number of amides is 3. The molecule has 9 heteroatoms. The number of nitrogens with zero attached hydrogens (tertiary/aromatic N) is 1. The highest BCUT2D eigenvalue weighted by molar-refractivity contribution is 5.99. The van der Waals surface area contributed by atoms with E-state index in [1.54, 1.807) is 72.9 Å². The minimum atomic E-state index is -1.32. The smallest absolute Gasteiger partial charge is 0.408 e. The fourth-order valence-corrected chi connectivity index (χ4v) is 3.89. The Bertz CT molecular complexity index is 1090. The number of alkyl carbamates (subject to hydrolysis) is 1. The number of methoxy groups -OCH3 is 1. The SMILES string of the molecule is CCc1ccc(C(C(=O)Nc2ccc(OC)cc2)N(C(=O)C(CO)NC(=O)OC(C)(C)C)C(C)(C)C)cc1. The lowest BCUT2D eigenvalue weighted by atomic mass is 9.94. The molecule has 0 saturated carbocycles. The maximum atomic E-state index is 13.9. The van der Waals surface area contributed by atoms with Crippen molar-refractivity contribution in [1.29, 1.82) is 0 Å². The van der Waals surface area contributed by atoms with E-state index in [4.69, 9.17) is 9.47 Å². The zero-order valence-electron chi connectivity index (χ0n) is 23.6. The Morgan fingerprint density at radius 2 is 1.53 bits per heavy atom. The number of hydrogen-bond donors (Lipinski definition) is 3. The molecular weight excluding hydrogens is 486 g/mol. The summed E-state index contributed by atoms with van der Waals surface area (Å²) in [5, 5.41) is 15.4. The number of carbonyl (C=O) groups excluding carboxylic acids is 3. The molecule has 38 heavy (non-hydrogen) atoms. The molecule has 0 radical (unpaired) electrons. The zero-order chi connectivity index (χ0) is 28.7. The van der Waals surface area contributed by atoms with Crippen molar-refractivity contribution in [2.24, 2.45) is 0 Å². The van der Waals surface area contributed by atoms with E-state index in [1.807, 2.05) is 31.2 Å². The van der Waals surface area contributed by atoms with Gasteiger partial charge in [0.25, 0.3) is 5.91 Å². The molecule has 2 atom stereocenters. The number of anilines is 1. The van der Waals surface area contributed by atoms with Crippen LogP contribution in [0, 0.1) is 0 Å². The van der Waals surface area contributed by atoms with Gasteiger partial charge in [-0.25, -0.2) is 4.79 Å². The summed E-state index contributed by atoms with van der Waals surface area (Å²) in [4.78, 5) is 41.6. The third kappa shape index (κ3) is 8.48. The Balaban J connectivity index is 2.52. The number of rotatable bonds is 9. The van der Waals surface area contributed by atoms with Crippen LogP contribution in [0.2, 0.25) is 0 Å². The number of nitrogens with one attached hydrogen (secondary N) is 2. The Morgan fingerprint density at radius 1 is 0.947 bits per heavy atom. The second-order valence-corrected chi connectivity index (χ2v) is 11.0. The molecule has 3 N–H and O–H groups in total. The molecule has 9 nitrogen and oxygen atoms in total. The summed E-state index contributed by atoms with van der Waals surface area (Å²) in [6.07, 6.45) is -0.0256. The summed E-state index contributed by atoms with van der Waals surface area (Å²) in [5.41, 5.74) is 0.532. The van der Waals surface area contributed by atoms with Gasteiger partial charge in [0.05, 0.1) is 13.7 Å². The van der Waals surface area contributed by atoms with Gasteiger partial charge in [0, 0.05) is 11.2 Å². The lowest BCUT2D eigenvalue weighted by Crippen LogP contribution is -2.59. The molecule has 2 aromatic carbocycles. The van der Waals surface area contributed by atoms with Crippen LogP contribution in [0.5, 0.6) is 5.75 Å². The molecule has 2 unspecified atom stereocenters. The van der Waals surface area contributed by atoms with Gasteiger partial charge < -0.3 is 30.1 Å². The van der Waals surface area contributed by atoms with Gasteiger partial charge >= 0.3 is 6.09 Å². The number of aryl methyl sites for hydroxylation is 1. The normalized spacial score (nSPS) is 13.2. The number of ether oxygens (including phenoxy) is 2. The van der Waals surface area contributed by atoms with Crippen LogP contribution < -0.4 is 15.4 Å². The first-order valence-electron chi connectivity index (χ1n) is 12.7. The summed E-state index contributed by atoms with van der Waals surface area (Å²) < 4.78 is 10.5. The number of benzene rings is 2. The average Bonchev–Trinajstić information content (AvgIpc) is 2.84. The molecule has 0 aliphatic carbocycles. The van der Waals surface area contributed by atoms with Gasteiger partial charge in [0.2, 0.25) is 5.91 Å². The Morgan fingerprint density at radius 3 is 1.97 bits per heavy atom. The van der Waals surface area contributed by atoms with E-state index in [0.29, 0.717) is 17.0 Å². The van der Waals surface area contributed by atoms with Crippen molar-refractivity contribution < 1.29 is 29.0 Å². The molecule has 0 saturated heterocycles. The molecule has 0 bridgehead atoms. The predicted octanol–water partition coefficient (Wildman–Crippen LogP) is 4.45. The topological polar surface area (TPSA) is 117 Å². The number of carbonyl (C=O) groups is 3. The predicted molar refractivity (Wildman–Crippen MR) is 147 cm³/mol. The lowest BCUT2D eigenvalue weighted by Gasteiger charge is -2.42. The fraction of sp³-hybridized carbons (Fsp3) is 0.483. The van der Waals surface area contributed by atoms with Crippen molar-refractivity contribution >= 4 is 23.6 Å². The van der Waals surface area contributed by atoms with Crippen LogP contribution in [-0.2, 0) is 20.7 Å². The van der Waals surface area contributed by atoms with Crippen LogP contribution >= 0.6 is 0 Å². The third-order valence-corrected chi connectivity index (χ3v) is 5.70. The monoisotopic (exact) mass is 527 g/mol. The summed E-state index contributed by atoms with van der Waals surface area (Å²) in [6.45, 7) is 11.8. The highest BCUT2D eigenvalue weighted by atomic mass is 16.6. The number of aliphatic hydroxyl groups is 1. The van der Waals surface area contributed by atoms with Crippen molar-refractivity contribution in [2.75, 3.05) is 19.0 Å². The van der Waals surface area contributed by atoms with E-state index in [9.17, 15) is 19.5 Å². The molecule has 2 rings (SSSR count). The lowest BCUT2D eigenvalue weighted by molar-refractivity contribution is -0.147. The molecular formula is C29H41N3O6. The molecule has 0 spiro atoms. The van der Waals surface area contributed by atoms with E-state index in [0.717, 1.165) is 12.0 Å². The van der Waals surface area contributed by atoms with Crippen LogP contribution in [0.3, 0.4) is 0 Å². The number of aliphatic hydroxyl groups excluding tert-OH is 1. The summed E-state index contributed by atoms with van der Waals surface area (Å²) in [6, 6.07) is 11.9. The van der Waals surface area contributed by atoms with Crippen LogP contribution in [0.25, 0.3) is 0 Å². The van der Waals surface area contributed by atoms with Gasteiger partial charge in [-0.15, -0.1) is 0 Å². The average molecular weight is 528 g/mol. The van der Waals surface area contributed by atoms with Crippen LogP contribution in [0.4, 0.5) is 10.5 Å². The minimum Gasteiger partial charge on any atom is -0.497 e. The van der Waals surface area contributed by atoms with Gasteiger partial charge in [0.15, 0.2) is 0 Å². The first-order valence-corrected chi connectivity index (χ1v) is 12.7. The van der Waals surface area contributed by atoms with E-state index in [-0.39, 0.29) is 0 Å². The van der Waals surface area contributed by atoms with E-state index < -0.39 is 47.7 Å². The van der Waals surface area contributed by atoms with Crippen molar-refractivity contribution in [3.8, 4) is 5.75 Å². The molecule has 0 heterocycles. The Hall–Kier alpha value is -3.59. The maximum absolute atomic E-state index is 13.9. The van der Waals surface area contributed by atoms with Gasteiger partial charge in [0.1, 0.15) is 23.4 Å².